The molecule has 1 N–H and O–H groups in total. The van der Waals surface area contributed by atoms with Crippen molar-refractivity contribution in [3.63, 3.8) is 0 Å². The molecule has 1 unspecified atom stereocenters. The van der Waals surface area contributed by atoms with Crippen molar-refractivity contribution in [1.29, 1.82) is 0 Å². The van der Waals surface area contributed by atoms with E-state index < -0.39 is 15.3 Å². The summed E-state index contributed by atoms with van der Waals surface area (Å²) in [4.78, 5) is 0. The Labute approximate surface area is 49.3 Å². The predicted molar refractivity (Wildman–Crippen MR) is 30.6 cm³/mol. The largest absolute Gasteiger partial charge is 0.377 e. The SMILES string of the molecule is C[CH]S(=O)(=O)C(C)O. The van der Waals surface area contributed by atoms with E-state index in [1.165, 1.54) is 13.8 Å². The van der Waals surface area contributed by atoms with E-state index in [1.54, 1.807) is 0 Å². The van der Waals surface area contributed by atoms with Gasteiger partial charge in [-0.1, -0.05) is 0 Å². The van der Waals surface area contributed by atoms with Gasteiger partial charge in [0.05, 0.1) is 5.75 Å². The highest BCUT2D eigenvalue weighted by Gasteiger charge is 2.13. The van der Waals surface area contributed by atoms with Crippen LogP contribution in [-0.4, -0.2) is 19.0 Å². The lowest BCUT2D eigenvalue weighted by Gasteiger charge is -2.00. The second-order valence-electron chi connectivity index (χ2n) is 1.42. The van der Waals surface area contributed by atoms with Crippen molar-refractivity contribution in [2.24, 2.45) is 0 Å². The zero-order valence-electron chi connectivity index (χ0n) is 4.83. The van der Waals surface area contributed by atoms with Crippen LogP contribution in [0.3, 0.4) is 0 Å². The van der Waals surface area contributed by atoms with Crippen LogP contribution in [0, 0.1) is 5.75 Å². The molecule has 0 aromatic carbocycles. The minimum Gasteiger partial charge on any atom is -0.377 e. The monoisotopic (exact) mass is 137 g/mol. The fourth-order valence-electron chi connectivity index (χ4n) is 0.197. The molecule has 0 fully saturated rings. The summed E-state index contributed by atoms with van der Waals surface area (Å²) in [5.74, 6) is 0.984. The molecule has 0 heterocycles. The molecule has 3 nitrogen and oxygen atoms in total. The first-order valence-electron chi connectivity index (χ1n) is 2.22. The van der Waals surface area contributed by atoms with Crippen molar-refractivity contribution in [2.75, 3.05) is 0 Å². The highest BCUT2D eigenvalue weighted by atomic mass is 32.2. The molecular formula is C4H9O3S. The van der Waals surface area contributed by atoms with Crippen LogP contribution in [0.1, 0.15) is 13.8 Å². The summed E-state index contributed by atoms with van der Waals surface area (Å²) >= 11 is 0. The minimum absolute atomic E-state index is 0.984. The standard InChI is InChI=1S/C4H9O3S/c1-3-8(6,7)4(2)5/h3-5H,1-2H3. The van der Waals surface area contributed by atoms with Crippen molar-refractivity contribution in [3.05, 3.63) is 5.75 Å². The van der Waals surface area contributed by atoms with Crippen molar-refractivity contribution in [3.8, 4) is 0 Å². The normalized spacial score (nSPS) is 15.9. The van der Waals surface area contributed by atoms with Crippen LogP contribution in [0.4, 0.5) is 0 Å². The molecule has 0 aromatic heterocycles. The van der Waals surface area contributed by atoms with Crippen molar-refractivity contribution >= 4 is 9.84 Å². The molecule has 1 radical (unpaired) electrons. The lowest BCUT2D eigenvalue weighted by Crippen LogP contribution is -2.15. The molecule has 0 spiro atoms. The van der Waals surface area contributed by atoms with Gasteiger partial charge in [-0.25, -0.2) is 8.42 Å². The Balaban J connectivity index is 4.17. The van der Waals surface area contributed by atoms with Gasteiger partial charge < -0.3 is 5.11 Å². The Morgan fingerprint density at radius 3 is 2.00 bits per heavy atom. The second kappa shape index (κ2) is 2.46. The smallest absolute Gasteiger partial charge is 0.180 e. The Morgan fingerprint density at radius 1 is 1.62 bits per heavy atom. The number of hydrogen-bond acceptors (Lipinski definition) is 3. The molecule has 49 valence electrons. The molecule has 0 aliphatic carbocycles. The number of hydrogen-bond donors (Lipinski definition) is 1. The van der Waals surface area contributed by atoms with E-state index in [2.05, 4.69) is 0 Å². The Morgan fingerprint density at radius 2 is 2.00 bits per heavy atom. The average molecular weight is 137 g/mol. The van der Waals surface area contributed by atoms with Crippen LogP contribution in [0.5, 0.6) is 0 Å². The molecule has 0 rings (SSSR count). The van der Waals surface area contributed by atoms with Gasteiger partial charge in [0, 0.05) is 0 Å². The molecule has 0 saturated heterocycles. The molecule has 8 heavy (non-hydrogen) atoms. The maximum Gasteiger partial charge on any atom is 0.180 e. The summed E-state index contributed by atoms with van der Waals surface area (Å²) in [5, 5.41) is 8.46. The lowest BCUT2D eigenvalue weighted by atomic mass is 10.9. The zero-order chi connectivity index (χ0) is 6.78. The molecule has 0 amide bonds. The van der Waals surface area contributed by atoms with Gasteiger partial charge in [0.25, 0.3) is 0 Å². The van der Waals surface area contributed by atoms with Gasteiger partial charge in [-0.2, -0.15) is 0 Å². The molecule has 0 saturated carbocycles. The van der Waals surface area contributed by atoms with E-state index in [0.29, 0.717) is 0 Å². The van der Waals surface area contributed by atoms with Crippen LogP contribution in [-0.2, 0) is 9.84 Å². The minimum atomic E-state index is -3.31. The van der Waals surface area contributed by atoms with E-state index >= 15 is 0 Å². The topological polar surface area (TPSA) is 54.4 Å². The van der Waals surface area contributed by atoms with Crippen molar-refractivity contribution in [1.82, 2.24) is 0 Å². The Hall–Kier alpha value is -0.0900. The summed E-state index contributed by atoms with van der Waals surface area (Å²) in [6.07, 6.45) is 0. The van der Waals surface area contributed by atoms with E-state index in [9.17, 15) is 8.42 Å². The Bertz CT molecular complexity index is 145. The number of sulfone groups is 1. The predicted octanol–water partition coefficient (Wildman–Crippen LogP) is -0.0788. The van der Waals surface area contributed by atoms with Crippen LogP contribution >= 0.6 is 0 Å². The highest BCUT2D eigenvalue weighted by molar-refractivity contribution is 7.93. The maximum absolute atomic E-state index is 10.4. The molecule has 0 aliphatic rings. The highest BCUT2D eigenvalue weighted by Crippen LogP contribution is 1.99. The third kappa shape index (κ3) is 1.79. The number of rotatable bonds is 2. The first kappa shape index (κ1) is 7.91. The molecule has 1 atom stereocenters. The summed E-state index contributed by atoms with van der Waals surface area (Å²) in [6.45, 7) is 2.59. The maximum atomic E-state index is 10.4. The van der Waals surface area contributed by atoms with Crippen molar-refractivity contribution in [2.45, 2.75) is 19.3 Å². The third-order valence-electron chi connectivity index (χ3n) is 0.804. The molecule has 0 aliphatic heterocycles. The number of aliphatic hydroxyl groups excluding tert-OH is 1. The summed E-state index contributed by atoms with van der Waals surface area (Å²) in [6, 6.07) is 0. The third-order valence-corrected chi connectivity index (χ3v) is 2.41. The second-order valence-corrected chi connectivity index (χ2v) is 3.76. The first-order chi connectivity index (χ1) is 3.50. The van der Waals surface area contributed by atoms with Gasteiger partial charge in [-0.05, 0) is 13.8 Å². The zero-order valence-corrected chi connectivity index (χ0v) is 5.64. The van der Waals surface area contributed by atoms with E-state index in [4.69, 9.17) is 5.11 Å². The van der Waals surface area contributed by atoms with E-state index in [0.717, 1.165) is 5.75 Å². The molecule has 4 heteroatoms. The summed E-state index contributed by atoms with van der Waals surface area (Å²) in [5.41, 5.74) is -1.27. The van der Waals surface area contributed by atoms with Crippen LogP contribution < -0.4 is 0 Å². The average Bonchev–Trinajstić information content (AvgIpc) is 1.67. The van der Waals surface area contributed by atoms with Crippen LogP contribution in [0.15, 0.2) is 0 Å². The molecule has 0 aromatic rings. The molecule has 0 bridgehead atoms. The van der Waals surface area contributed by atoms with Crippen LogP contribution in [0.25, 0.3) is 0 Å². The van der Waals surface area contributed by atoms with Gasteiger partial charge in [-0.15, -0.1) is 0 Å². The quantitative estimate of drug-likeness (QED) is 0.579. The molecular weight excluding hydrogens is 128 g/mol. The summed E-state index contributed by atoms with van der Waals surface area (Å²) < 4.78 is 20.8. The fourth-order valence-corrected chi connectivity index (χ4v) is 0.591. The first-order valence-corrected chi connectivity index (χ1v) is 3.83. The van der Waals surface area contributed by atoms with Gasteiger partial charge in [0.1, 0.15) is 0 Å². The fraction of sp³-hybridized carbons (Fsp3) is 0.750. The van der Waals surface area contributed by atoms with E-state index in [-0.39, 0.29) is 0 Å². The number of aliphatic hydroxyl groups is 1. The Kier molecular flexibility index (Phi) is 2.43. The van der Waals surface area contributed by atoms with Crippen LogP contribution in [0.2, 0.25) is 0 Å². The lowest BCUT2D eigenvalue weighted by molar-refractivity contribution is 0.269. The van der Waals surface area contributed by atoms with Crippen molar-refractivity contribution < 1.29 is 13.5 Å². The van der Waals surface area contributed by atoms with Gasteiger partial charge >= 0.3 is 0 Å². The van der Waals surface area contributed by atoms with Gasteiger partial charge in [0.2, 0.25) is 0 Å². The van der Waals surface area contributed by atoms with E-state index in [1.807, 2.05) is 0 Å². The van der Waals surface area contributed by atoms with Gasteiger partial charge in [-0.3, -0.25) is 0 Å². The van der Waals surface area contributed by atoms with Gasteiger partial charge in [0.15, 0.2) is 15.3 Å². The summed E-state index contributed by atoms with van der Waals surface area (Å²) in [7, 11) is -3.31.